The van der Waals surface area contributed by atoms with Gasteiger partial charge in [0.2, 0.25) is 0 Å². The van der Waals surface area contributed by atoms with Gasteiger partial charge in [0.15, 0.2) is 0 Å². The number of fused-ring (bicyclic) bond motifs is 1. The molecule has 0 aliphatic carbocycles. The van der Waals surface area contributed by atoms with Crippen molar-refractivity contribution in [3.05, 3.63) is 36.0 Å². The maximum absolute atomic E-state index is 9.00. The van der Waals surface area contributed by atoms with Crippen molar-refractivity contribution < 1.29 is 5.11 Å². The number of aromatic nitrogens is 1. The molecule has 3 heteroatoms. The molecule has 3 N–H and O–H groups in total. The summed E-state index contributed by atoms with van der Waals surface area (Å²) < 4.78 is 2.22. The van der Waals surface area contributed by atoms with Gasteiger partial charge in [-0.2, -0.15) is 0 Å². The van der Waals surface area contributed by atoms with Crippen molar-refractivity contribution >= 4 is 10.9 Å². The van der Waals surface area contributed by atoms with Crippen molar-refractivity contribution in [2.45, 2.75) is 25.9 Å². The normalized spacial score (nSPS) is 13.2. The first-order valence-electron chi connectivity index (χ1n) is 5.69. The molecule has 0 saturated carbocycles. The van der Waals surface area contributed by atoms with E-state index in [1.807, 2.05) is 12.1 Å². The minimum atomic E-state index is -0.170. The van der Waals surface area contributed by atoms with Gasteiger partial charge in [-0.25, -0.2) is 0 Å². The van der Waals surface area contributed by atoms with Gasteiger partial charge in [0, 0.05) is 29.7 Å². The van der Waals surface area contributed by atoms with E-state index in [4.69, 9.17) is 10.8 Å². The molecule has 0 fully saturated rings. The Labute approximate surface area is 95.5 Å². The monoisotopic (exact) mass is 218 g/mol. The molecule has 0 radical (unpaired) electrons. The van der Waals surface area contributed by atoms with E-state index in [0.717, 1.165) is 13.0 Å². The van der Waals surface area contributed by atoms with Gasteiger partial charge in [-0.05, 0) is 25.0 Å². The van der Waals surface area contributed by atoms with Crippen molar-refractivity contribution in [2.24, 2.45) is 5.73 Å². The lowest BCUT2D eigenvalue weighted by molar-refractivity contribution is 0.265. The first-order chi connectivity index (χ1) is 7.76. The zero-order valence-electron chi connectivity index (χ0n) is 9.56. The molecule has 0 aliphatic rings. The molecular weight excluding hydrogens is 200 g/mol. The molecule has 0 saturated heterocycles. The maximum atomic E-state index is 9.00. The van der Waals surface area contributed by atoms with Crippen LogP contribution in [0.2, 0.25) is 0 Å². The Kier molecular flexibility index (Phi) is 3.27. The van der Waals surface area contributed by atoms with Crippen molar-refractivity contribution in [3.8, 4) is 0 Å². The molecule has 0 aliphatic heterocycles. The number of nitrogens with two attached hydrogens (primary N) is 1. The van der Waals surface area contributed by atoms with Crippen molar-refractivity contribution in [1.29, 1.82) is 0 Å². The van der Waals surface area contributed by atoms with E-state index in [1.54, 1.807) is 0 Å². The fourth-order valence-corrected chi connectivity index (χ4v) is 2.09. The Morgan fingerprint density at radius 2 is 2.12 bits per heavy atom. The van der Waals surface area contributed by atoms with Crippen LogP contribution in [0.15, 0.2) is 30.5 Å². The van der Waals surface area contributed by atoms with E-state index in [2.05, 4.69) is 29.8 Å². The van der Waals surface area contributed by atoms with E-state index >= 15 is 0 Å². The number of hydrogen-bond donors (Lipinski definition) is 2. The summed E-state index contributed by atoms with van der Waals surface area (Å²) in [5.41, 5.74) is 8.25. The van der Waals surface area contributed by atoms with Crippen LogP contribution in [-0.2, 0) is 13.0 Å². The molecule has 1 aromatic heterocycles. The Bertz CT molecular complexity index is 476. The minimum absolute atomic E-state index is 0.0334. The first kappa shape index (κ1) is 11.2. The highest BCUT2D eigenvalue weighted by atomic mass is 16.3. The average Bonchev–Trinajstić information content (AvgIpc) is 2.68. The van der Waals surface area contributed by atoms with Crippen LogP contribution in [0, 0.1) is 0 Å². The van der Waals surface area contributed by atoms with Crippen LogP contribution in [0.1, 0.15) is 12.5 Å². The highest BCUT2D eigenvalue weighted by Gasteiger charge is 2.10. The summed E-state index contributed by atoms with van der Waals surface area (Å²) in [5, 5.41) is 10.2. The van der Waals surface area contributed by atoms with E-state index in [1.165, 1.54) is 16.5 Å². The molecule has 3 nitrogen and oxygen atoms in total. The van der Waals surface area contributed by atoms with Crippen LogP contribution in [0.3, 0.4) is 0 Å². The van der Waals surface area contributed by atoms with Crippen LogP contribution in [0.25, 0.3) is 10.9 Å². The Morgan fingerprint density at radius 1 is 1.38 bits per heavy atom. The highest BCUT2D eigenvalue weighted by molar-refractivity contribution is 5.84. The Hall–Kier alpha value is -1.32. The second-order valence-corrected chi connectivity index (χ2v) is 4.10. The number of rotatable bonds is 4. The summed E-state index contributed by atoms with van der Waals surface area (Å²) in [4.78, 5) is 0. The third-order valence-corrected chi connectivity index (χ3v) is 2.93. The molecule has 1 aromatic carbocycles. The van der Waals surface area contributed by atoms with Gasteiger partial charge in [-0.1, -0.05) is 18.2 Å². The Morgan fingerprint density at radius 3 is 2.81 bits per heavy atom. The molecule has 0 spiro atoms. The van der Waals surface area contributed by atoms with Crippen molar-refractivity contribution in [3.63, 3.8) is 0 Å². The van der Waals surface area contributed by atoms with Crippen LogP contribution in [0.4, 0.5) is 0 Å². The zero-order valence-corrected chi connectivity index (χ0v) is 9.56. The number of nitrogens with zero attached hydrogens (tertiary/aromatic N) is 1. The standard InChI is InChI=1S/C13H18N2O/c1-2-15-8-10(7-11(14)9-16)12-5-3-4-6-13(12)15/h3-6,8,11,16H,2,7,9,14H2,1H3. The lowest BCUT2D eigenvalue weighted by atomic mass is 10.1. The van der Waals surface area contributed by atoms with E-state index in [9.17, 15) is 0 Å². The molecule has 16 heavy (non-hydrogen) atoms. The number of aliphatic hydroxyl groups excluding tert-OH is 1. The van der Waals surface area contributed by atoms with Gasteiger partial charge in [-0.15, -0.1) is 0 Å². The molecule has 1 atom stereocenters. The second kappa shape index (κ2) is 4.68. The van der Waals surface area contributed by atoms with Gasteiger partial charge in [0.05, 0.1) is 6.61 Å². The van der Waals surface area contributed by atoms with Crippen molar-refractivity contribution in [1.82, 2.24) is 4.57 Å². The maximum Gasteiger partial charge on any atom is 0.0585 e. The Balaban J connectivity index is 2.45. The molecule has 2 aromatic rings. The van der Waals surface area contributed by atoms with Gasteiger partial charge in [-0.3, -0.25) is 0 Å². The summed E-state index contributed by atoms with van der Waals surface area (Å²) in [5.74, 6) is 0. The van der Waals surface area contributed by atoms with Crippen LogP contribution in [0.5, 0.6) is 0 Å². The summed E-state index contributed by atoms with van der Waals surface area (Å²) in [6, 6.07) is 8.14. The van der Waals surface area contributed by atoms with Crippen molar-refractivity contribution in [2.75, 3.05) is 6.61 Å². The quantitative estimate of drug-likeness (QED) is 0.817. The summed E-state index contributed by atoms with van der Waals surface area (Å²) in [7, 11) is 0. The van der Waals surface area contributed by atoms with E-state index in [-0.39, 0.29) is 12.6 Å². The van der Waals surface area contributed by atoms with Crippen LogP contribution >= 0.6 is 0 Å². The molecule has 0 amide bonds. The summed E-state index contributed by atoms with van der Waals surface area (Å²) in [6.45, 7) is 3.11. The van der Waals surface area contributed by atoms with Crippen LogP contribution < -0.4 is 5.73 Å². The van der Waals surface area contributed by atoms with Gasteiger partial charge < -0.3 is 15.4 Å². The molecular formula is C13H18N2O. The molecule has 2 rings (SSSR count). The van der Waals surface area contributed by atoms with Crippen LogP contribution in [-0.4, -0.2) is 22.3 Å². The highest BCUT2D eigenvalue weighted by Crippen LogP contribution is 2.22. The summed E-state index contributed by atoms with van der Waals surface area (Å²) >= 11 is 0. The third-order valence-electron chi connectivity index (χ3n) is 2.93. The van der Waals surface area contributed by atoms with Gasteiger partial charge >= 0.3 is 0 Å². The first-order valence-corrected chi connectivity index (χ1v) is 5.69. The SMILES string of the molecule is CCn1cc(CC(N)CO)c2ccccc21. The molecule has 0 bridgehead atoms. The number of hydrogen-bond acceptors (Lipinski definition) is 2. The lowest BCUT2D eigenvalue weighted by Gasteiger charge is -2.06. The largest absolute Gasteiger partial charge is 0.395 e. The predicted octanol–water partition coefficient (Wildman–Crippen LogP) is 1.52. The van der Waals surface area contributed by atoms with E-state index < -0.39 is 0 Å². The number of aryl methyl sites for hydroxylation is 1. The molecule has 1 heterocycles. The zero-order chi connectivity index (χ0) is 11.5. The van der Waals surface area contributed by atoms with Gasteiger partial charge in [0.1, 0.15) is 0 Å². The predicted molar refractivity (Wildman–Crippen MR) is 66.4 cm³/mol. The lowest BCUT2D eigenvalue weighted by Crippen LogP contribution is -2.26. The number of para-hydroxylation sites is 1. The topological polar surface area (TPSA) is 51.2 Å². The number of benzene rings is 1. The van der Waals surface area contributed by atoms with E-state index in [0.29, 0.717) is 0 Å². The second-order valence-electron chi connectivity index (χ2n) is 4.10. The average molecular weight is 218 g/mol. The smallest absolute Gasteiger partial charge is 0.0585 e. The molecule has 86 valence electrons. The fraction of sp³-hybridized carbons (Fsp3) is 0.385. The summed E-state index contributed by atoms with van der Waals surface area (Å²) in [6.07, 6.45) is 2.87. The third kappa shape index (κ3) is 1.96. The molecule has 1 unspecified atom stereocenters. The minimum Gasteiger partial charge on any atom is -0.395 e. The van der Waals surface area contributed by atoms with Gasteiger partial charge in [0.25, 0.3) is 0 Å². The fourth-order valence-electron chi connectivity index (χ4n) is 2.09. The number of aliphatic hydroxyl groups is 1.